The van der Waals surface area contributed by atoms with Crippen LogP contribution in [0.15, 0.2) is 54.7 Å². The van der Waals surface area contributed by atoms with Crippen LogP contribution < -0.4 is 5.73 Å². The zero-order chi connectivity index (χ0) is 16.5. The van der Waals surface area contributed by atoms with Gasteiger partial charge < -0.3 is 19.8 Å². The third kappa shape index (κ3) is 2.79. The van der Waals surface area contributed by atoms with Gasteiger partial charge in [0.15, 0.2) is 6.29 Å². The van der Waals surface area contributed by atoms with E-state index in [1.54, 1.807) is 0 Å². The summed E-state index contributed by atoms with van der Waals surface area (Å²) in [5, 5.41) is 1.28. The van der Waals surface area contributed by atoms with E-state index >= 15 is 0 Å². The van der Waals surface area contributed by atoms with Gasteiger partial charge in [0.25, 0.3) is 0 Å². The normalized spacial score (nSPS) is 16.7. The van der Waals surface area contributed by atoms with Gasteiger partial charge in [-0.15, -0.1) is 0 Å². The summed E-state index contributed by atoms with van der Waals surface area (Å²) < 4.78 is 13.6. The molecule has 2 aromatic carbocycles. The number of fused-ring (bicyclic) bond motifs is 1. The van der Waals surface area contributed by atoms with Gasteiger partial charge >= 0.3 is 0 Å². The summed E-state index contributed by atoms with van der Waals surface area (Å²) in [5.74, 6) is 0.318. The molecule has 1 aliphatic heterocycles. The number of ether oxygens (including phenoxy) is 2. The monoisotopic (exact) mass is 322 g/mol. The van der Waals surface area contributed by atoms with Crippen LogP contribution >= 0.6 is 0 Å². The van der Waals surface area contributed by atoms with Gasteiger partial charge in [0.1, 0.15) is 0 Å². The average molecular weight is 322 g/mol. The highest BCUT2D eigenvalue weighted by atomic mass is 16.7. The number of hydrogen-bond acceptors (Lipinski definition) is 3. The summed E-state index contributed by atoms with van der Waals surface area (Å²) in [6.45, 7) is 3.58. The summed E-state index contributed by atoms with van der Waals surface area (Å²) in [7, 11) is 0. The molecule has 0 spiro atoms. The van der Waals surface area contributed by atoms with Crippen LogP contribution in [-0.2, 0) is 15.9 Å². The molecule has 2 heterocycles. The first-order valence-corrected chi connectivity index (χ1v) is 8.40. The maximum absolute atomic E-state index is 5.82. The van der Waals surface area contributed by atoms with Crippen molar-refractivity contribution >= 4 is 16.6 Å². The molecule has 2 N–H and O–H groups in total. The Morgan fingerprint density at radius 1 is 1.08 bits per heavy atom. The molecule has 4 heteroatoms. The molecule has 0 bridgehead atoms. The number of rotatable bonds is 4. The van der Waals surface area contributed by atoms with Gasteiger partial charge in [-0.25, -0.2) is 0 Å². The minimum atomic E-state index is -0.0939. The van der Waals surface area contributed by atoms with Crippen molar-refractivity contribution in [2.75, 3.05) is 18.9 Å². The maximum Gasteiger partial charge on any atom is 0.160 e. The molecule has 1 aliphatic rings. The van der Waals surface area contributed by atoms with Crippen molar-refractivity contribution in [2.45, 2.75) is 19.6 Å². The molecule has 0 saturated carbocycles. The number of hydrogen-bond donors (Lipinski definition) is 1. The molecule has 4 nitrogen and oxygen atoms in total. The molecule has 4 rings (SSSR count). The fourth-order valence-corrected chi connectivity index (χ4v) is 3.41. The minimum absolute atomic E-state index is 0.0939. The molecular weight excluding hydrogens is 300 g/mol. The lowest BCUT2D eigenvalue weighted by Gasteiger charge is -2.17. The number of benzene rings is 2. The molecule has 0 amide bonds. The van der Waals surface area contributed by atoms with Gasteiger partial charge in [0.2, 0.25) is 0 Å². The summed E-state index contributed by atoms with van der Waals surface area (Å²) >= 11 is 0. The van der Waals surface area contributed by atoms with Crippen LogP contribution in [0.5, 0.6) is 0 Å². The first kappa shape index (κ1) is 15.2. The van der Waals surface area contributed by atoms with E-state index in [1.165, 1.54) is 16.5 Å². The van der Waals surface area contributed by atoms with Crippen molar-refractivity contribution in [3.8, 4) is 5.69 Å². The molecule has 3 aromatic rings. The Morgan fingerprint density at radius 3 is 2.54 bits per heavy atom. The first-order valence-electron chi connectivity index (χ1n) is 8.40. The van der Waals surface area contributed by atoms with Gasteiger partial charge in [-0.3, -0.25) is 0 Å². The number of para-hydroxylation sites is 1. The molecular formula is C20H22N2O2. The van der Waals surface area contributed by atoms with Crippen molar-refractivity contribution < 1.29 is 9.47 Å². The standard InChI is InChI=1S/C20H22N2O2/c1-14(20-23-10-11-24-20)12-15-13-22(17-8-6-16(21)7-9-17)19-5-3-2-4-18(15)19/h2-9,13-14,20H,10-12,21H2,1H3. The zero-order valence-electron chi connectivity index (χ0n) is 13.8. The fourth-order valence-electron chi connectivity index (χ4n) is 3.41. The topological polar surface area (TPSA) is 49.4 Å². The molecule has 0 aliphatic carbocycles. The highest BCUT2D eigenvalue weighted by molar-refractivity contribution is 5.85. The predicted molar refractivity (Wildman–Crippen MR) is 96.2 cm³/mol. The van der Waals surface area contributed by atoms with Crippen molar-refractivity contribution in [1.29, 1.82) is 0 Å². The third-order valence-electron chi connectivity index (χ3n) is 4.62. The van der Waals surface area contributed by atoms with Crippen molar-refractivity contribution in [3.63, 3.8) is 0 Å². The predicted octanol–water partition coefficient (Wildman–Crippen LogP) is 3.76. The Kier molecular flexibility index (Phi) is 4.00. The third-order valence-corrected chi connectivity index (χ3v) is 4.62. The van der Waals surface area contributed by atoms with E-state index in [9.17, 15) is 0 Å². The average Bonchev–Trinajstić information content (AvgIpc) is 3.25. The Morgan fingerprint density at radius 2 is 1.79 bits per heavy atom. The van der Waals surface area contributed by atoms with Crippen molar-refractivity contribution in [2.24, 2.45) is 5.92 Å². The molecule has 1 saturated heterocycles. The van der Waals surface area contributed by atoms with E-state index < -0.39 is 0 Å². The van der Waals surface area contributed by atoms with E-state index in [1.807, 2.05) is 12.1 Å². The Bertz CT molecular complexity index is 832. The SMILES string of the molecule is CC(Cc1cn(-c2ccc(N)cc2)c2ccccc12)C1OCCO1. The second kappa shape index (κ2) is 6.30. The van der Waals surface area contributed by atoms with Gasteiger partial charge in [0.05, 0.1) is 18.7 Å². The largest absolute Gasteiger partial charge is 0.399 e. The van der Waals surface area contributed by atoms with Crippen LogP contribution in [-0.4, -0.2) is 24.1 Å². The minimum Gasteiger partial charge on any atom is -0.399 e. The maximum atomic E-state index is 5.82. The second-order valence-corrected chi connectivity index (χ2v) is 6.42. The molecule has 1 atom stereocenters. The van der Waals surface area contributed by atoms with Crippen LogP contribution in [0.25, 0.3) is 16.6 Å². The van der Waals surface area contributed by atoms with Crippen molar-refractivity contribution in [1.82, 2.24) is 4.57 Å². The summed E-state index contributed by atoms with van der Waals surface area (Å²) in [6.07, 6.45) is 3.05. The van der Waals surface area contributed by atoms with E-state index in [-0.39, 0.29) is 6.29 Å². The van der Waals surface area contributed by atoms with Crippen LogP contribution in [0.3, 0.4) is 0 Å². The van der Waals surface area contributed by atoms with Crippen molar-refractivity contribution in [3.05, 3.63) is 60.3 Å². The fraction of sp³-hybridized carbons (Fsp3) is 0.300. The molecule has 0 radical (unpaired) electrons. The number of nitrogens with zero attached hydrogens (tertiary/aromatic N) is 1. The second-order valence-electron chi connectivity index (χ2n) is 6.42. The first-order chi connectivity index (χ1) is 11.7. The highest BCUT2D eigenvalue weighted by Crippen LogP contribution is 2.29. The summed E-state index contributed by atoms with van der Waals surface area (Å²) in [4.78, 5) is 0. The van der Waals surface area contributed by atoms with Crippen LogP contribution in [0, 0.1) is 5.92 Å². The van der Waals surface area contributed by atoms with Crippen LogP contribution in [0.1, 0.15) is 12.5 Å². The number of aromatic nitrogens is 1. The number of nitrogen functional groups attached to an aromatic ring is 1. The van der Waals surface area contributed by atoms with Gasteiger partial charge in [-0.1, -0.05) is 25.1 Å². The number of nitrogens with two attached hydrogens (primary N) is 1. The van der Waals surface area contributed by atoms with Gasteiger partial charge in [0, 0.05) is 28.9 Å². The molecule has 1 aromatic heterocycles. The van der Waals surface area contributed by atoms with E-state index in [2.05, 4.69) is 54.1 Å². The quantitative estimate of drug-likeness (QED) is 0.744. The summed E-state index contributed by atoms with van der Waals surface area (Å²) in [5.41, 5.74) is 10.2. The van der Waals surface area contributed by atoms with Gasteiger partial charge in [-0.2, -0.15) is 0 Å². The molecule has 124 valence electrons. The molecule has 1 unspecified atom stereocenters. The van der Waals surface area contributed by atoms with E-state index in [0.29, 0.717) is 19.1 Å². The molecule has 24 heavy (non-hydrogen) atoms. The lowest BCUT2D eigenvalue weighted by molar-refractivity contribution is -0.0779. The Labute approximate surface area is 141 Å². The Balaban J connectivity index is 1.72. The Hall–Kier alpha value is -2.30. The van der Waals surface area contributed by atoms with Gasteiger partial charge in [-0.05, 0) is 42.3 Å². The lowest BCUT2D eigenvalue weighted by Crippen LogP contribution is -2.20. The molecule has 1 fully saturated rings. The van der Waals surface area contributed by atoms with Crippen LogP contribution in [0.2, 0.25) is 0 Å². The lowest BCUT2D eigenvalue weighted by atomic mass is 10.0. The van der Waals surface area contributed by atoms with Crippen LogP contribution in [0.4, 0.5) is 5.69 Å². The highest BCUT2D eigenvalue weighted by Gasteiger charge is 2.24. The zero-order valence-corrected chi connectivity index (χ0v) is 13.8. The van der Waals surface area contributed by atoms with E-state index in [0.717, 1.165) is 17.8 Å². The van der Waals surface area contributed by atoms with E-state index in [4.69, 9.17) is 15.2 Å². The number of anilines is 1. The smallest absolute Gasteiger partial charge is 0.160 e. The summed E-state index contributed by atoms with van der Waals surface area (Å²) in [6, 6.07) is 16.5.